The predicted molar refractivity (Wildman–Crippen MR) is 111 cm³/mol. The molecule has 3 rings (SSSR count). The topological polar surface area (TPSA) is 49.9 Å². The van der Waals surface area contributed by atoms with Crippen molar-refractivity contribution in [3.63, 3.8) is 0 Å². The molecule has 2 unspecified atom stereocenters. The Balaban J connectivity index is 1.56. The third-order valence-corrected chi connectivity index (χ3v) is 6.31. The van der Waals surface area contributed by atoms with E-state index in [0.717, 1.165) is 32.2 Å². The SMILES string of the molecule is CCN(C(=O)c1ccc(OCC(=O)N2C(C)CCCC2C)cc1)C1CCCC1. The van der Waals surface area contributed by atoms with Crippen LogP contribution in [0.3, 0.4) is 0 Å². The van der Waals surface area contributed by atoms with Crippen molar-refractivity contribution in [2.45, 2.75) is 83.8 Å². The first-order valence-corrected chi connectivity index (χ1v) is 10.9. The van der Waals surface area contributed by atoms with Crippen LogP contribution in [0.15, 0.2) is 24.3 Å². The maximum absolute atomic E-state index is 12.8. The third kappa shape index (κ3) is 4.68. The van der Waals surface area contributed by atoms with Gasteiger partial charge in [0.25, 0.3) is 11.8 Å². The van der Waals surface area contributed by atoms with Crippen molar-refractivity contribution in [1.82, 2.24) is 9.80 Å². The van der Waals surface area contributed by atoms with Crippen molar-refractivity contribution in [3.05, 3.63) is 29.8 Å². The molecule has 2 atom stereocenters. The van der Waals surface area contributed by atoms with E-state index in [1.54, 1.807) is 12.1 Å². The third-order valence-electron chi connectivity index (χ3n) is 6.31. The molecular formula is C23H34N2O3. The molecular weight excluding hydrogens is 352 g/mol. The van der Waals surface area contributed by atoms with Gasteiger partial charge in [0.05, 0.1) is 0 Å². The van der Waals surface area contributed by atoms with Gasteiger partial charge in [-0.2, -0.15) is 0 Å². The van der Waals surface area contributed by atoms with Gasteiger partial charge in [0, 0.05) is 30.2 Å². The molecule has 2 fully saturated rings. The number of benzene rings is 1. The van der Waals surface area contributed by atoms with Crippen LogP contribution in [0.2, 0.25) is 0 Å². The Kier molecular flexibility index (Phi) is 6.97. The Morgan fingerprint density at radius 3 is 2.18 bits per heavy atom. The lowest BCUT2D eigenvalue weighted by Gasteiger charge is -2.38. The van der Waals surface area contributed by atoms with Gasteiger partial charge in [-0.1, -0.05) is 12.8 Å². The number of ether oxygens (including phenoxy) is 1. The smallest absolute Gasteiger partial charge is 0.260 e. The standard InChI is InChI=1S/C23H34N2O3/c1-4-24(20-10-5-6-11-20)23(27)19-12-14-21(15-13-19)28-16-22(26)25-17(2)8-7-9-18(25)3/h12-15,17-18,20H,4-11,16H2,1-3H3. The number of hydrogen-bond acceptors (Lipinski definition) is 3. The average molecular weight is 387 g/mol. The average Bonchev–Trinajstić information content (AvgIpc) is 3.21. The number of hydrogen-bond donors (Lipinski definition) is 0. The van der Waals surface area contributed by atoms with E-state index in [2.05, 4.69) is 13.8 Å². The highest BCUT2D eigenvalue weighted by Gasteiger charge is 2.29. The lowest BCUT2D eigenvalue weighted by atomic mass is 9.97. The lowest BCUT2D eigenvalue weighted by molar-refractivity contribution is -0.139. The fraction of sp³-hybridized carbons (Fsp3) is 0.652. The molecule has 0 bridgehead atoms. The molecule has 1 saturated carbocycles. The van der Waals surface area contributed by atoms with Crippen molar-refractivity contribution in [3.8, 4) is 5.75 Å². The van der Waals surface area contributed by atoms with Gasteiger partial charge in [-0.25, -0.2) is 0 Å². The van der Waals surface area contributed by atoms with Crippen LogP contribution >= 0.6 is 0 Å². The van der Waals surface area contributed by atoms with Crippen LogP contribution < -0.4 is 4.74 Å². The van der Waals surface area contributed by atoms with Crippen molar-refractivity contribution in [2.75, 3.05) is 13.2 Å². The van der Waals surface area contributed by atoms with Crippen LogP contribution in [0.5, 0.6) is 5.75 Å². The summed E-state index contributed by atoms with van der Waals surface area (Å²) in [4.78, 5) is 29.4. The van der Waals surface area contributed by atoms with Gasteiger partial charge in [-0.05, 0) is 77.1 Å². The molecule has 1 aliphatic carbocycles. The summed E-state index contributed by atoms with van der Waals surface area (Å²) in [5.74, 6) is 0.761. The van der Waals surface area contributed by atoms with Crippen LogP contribution in [-0.4, -0.2) is 52.9 Å². The van der Waals surface area contributed by atoms with Gasteiger partial charge < -0.3 is 14.5 Å². The largest absolute Gasteiger partial charge is 0.484 e. The van der Waals surface area contributed by atoms with Crippen LogP contribution in [0, 0.1) is 0 Å². The summed E-state index contributed by atoms with van der Waals surface area (Å²) in [6.07, 6.45) is 7.93. The number of carbonyl (C=O) groups is 2. The molecule has 0 N–H and O–H groups in total. The predicted octanol–water partition coefficient (Wildman–Crippen LogP) is 4.26. The molecule has 5 heteroatoms. The van der Waals surface area contributed by atoms with E-state index in [1.807, 2.05) is 28.9 Å². The Labute approximate surface area is 169 Å². The summed E-state index contributed by atoms with van der Waals surface area (Å²) in [6.45, 7) is 7.05. The van der Waals surface area contributed by atoms with Gasteiger partial charge in [0.1, 0.15) is 5.75 Å². The van der Waals surface area contributed by atoms with Crippen molar-refractivity contribution >= 4 is 11.8 Å². The maximum atomic E-state index is 12.8. The molecule has 1 heterocycles. The van der Waals surface area contributed by atoms with E-state index in [9.17, 15) is 9.59 Å². The quantitative estimate of drug-likeness (QED) is 0.734. The monoisotopic (exact) mass is 386 g/mol. The van der Waals surface area contributed by atoms with Crippen LogP contribution in [0.4, 0.5) is 0 Å². The zero-order valence-corrected chi connectivity index (χ0v) is 17.5. The fourth-order valence-corrected chi connectivity index (χ4v) is 4.78. The lowest BCUT2D eigenvalue weighted by Crippen LogP contribution is -2.49. The molecule has 1 aromatic rings. The molecule has 1 aromatic carbocycles. The molecule has 154 valence electrons. The zero-order valence-electron chi connectivity index (χ0n) is 17.5. The molecule has 2 amide bonds. The normalized spacial score (nSPS) is 22.9. The first-order valence-electron chi connectivity index (χ1n) is 10.9. The van der Waals surface area contributed by atoms with Gasteiger partial charge in [0.2, 0.25) is 0 Å². The van der Waals surface area contributed by atoms with E-state index in [4.69, 9.17) is 4.74 Å². The molecule has 2 aliphatic rings. The summed E-state index contributed by atoms with van der Waals surface area (Å²) >= 11 is 0. The zero-order chi connectivity index (χ0) is 20.1. The Bertz CT molecular complexity index is 657. The summed E-state index contributed by atoms with van der Waals surface area (Å²) in [5, 5.41) is 0. The van der Waals surface area contributed by atoms with Crippen molar-refractivity contribution < 1.29 is 14.3 Å². The Morgan fingerprint density at radius 1 is 1.00 bits per heavy atom. The molecule has 0 aromatic heterocycles. The number of nitrogens with zero attached hydrogens (tertiary/aromatic N) is 2. The number of amides is 2. The van der Waals surface area contributed by atoms with E-state index < -0.39 is 0 Å². The van der Waals surface area contributed by atoms with E-state index in [-0.39, 0.29) is 30.5 Å². The number of carbonyl (C=O) groups excluding carboxylic acids is 2. The van der Waals surface area contributed by atoms with Crippen molar-refractivity contribution in [2.24, 2.45) is 0 Å². The second-order valence-electron chi connectivity index (χ2n) is 8.27. The van der Waals surface area contributed by atoms with Gasteiger partial charge >= 0.3 is 0 Å². The minimum atomic E-state index is 0.0400. The minimum Gasteiger partial charge on any atom is -0.484 e. The first kappa shape index (κ1) is 20.7. The summed E-state index contributed by atoms with van der Waals surface area (Å²) in [7, 11) is 0. The highest BCUT2D eigenvalue weighted by molar-refractivity contribution is 5.94. The summed E-state index contributed by atoms with van der Waals surface area (Å²) in [6, 6.07) is 8.14. The van der Waals surface area contributed by atoms with E-state index >= 15 is 0 Å². The molecule has 1 aliphatic heterocycles. The molecule has 5 nitrogen and oxygen atoms in total. The molecule has 28 heavy (non-hydrogen) atoms. The fourth-order valence-electron chi connectivity index (χ4n) is 4.78. The Morgan fingerprint density at radius 2 is 1.61 bits per heavy atom. The van der Waals surface area contributed by atoms with E-state index in [0.29, 0.717) is 17.4 Å². The number of likely N-dealkylation sites (tertiary alicyclic amines) is 1. The molecule has 0 radical (unpaired) electrons. The van der Waals surface area contributed by atoms with E-state index in [1.165, 1.54) is 19.3 Å². The maximum Gasteiger partial charge on any atom is 0.260 e. The second-order valence-corrected chi connectivity index (χ2v) is 8.27. The molecule has 0 spiro atoms. The van der Waals surface area contributed by atoms with Crippen molar-refractivity contribution in [1.29, 1.82) is 0 Å². The van der Waals surface area contributed by atoms with Gasteiger partial charge in [-0.3, -0.25) is 9.59 Å². The Hall–Kier alpha value is -2.04. The van der Waals surface area contributed by atoms with Crippen LogP contribution in [-0.2, 0) is 4.79 Å². The van der Waals surface area contributed by atoms with Crippen LogP contribution in [0.1, 0.15) is 76.1 Å². The first-order chi connectivity index (χ1) is 13.5. The van der Waals surface area contributed by atoms with Crippen LogP contribution in [0.25, 0.3) is 0 Å². The second kappa shape index (κ2) is 9.44. The summed E-state index contributed by atoms with van der Waals surface area (Å²) in [5.41, 5.74) is 0.686. The minimum absolute atomic E-state index is 0.0400. The highest BCUT2D eigenvalue weighted by Crippen LogP contribution is 2.26. The van der Waals surface area contributed by atoms with Gasteiger partial charge in [0.15, 0.2) is 6.61 Å². The highest BCUT2D eigenvalue weighted by atomic mass is 16.5. The number of rotatable bonds is 6. The molecule has 1 saturated heterocycles. The number of piperidine rings is 1. The van der Waals surface area contributed by atoms with Gasteiger partial charge in [-0.15, -0.1) is 0 Å². The summed E-state index contributed by atoms with van der Waals surface area (Å²) < 4.78 is 5.72.